The maximum Gasteiger partial charge on any atom is 0.0601 e. The summed E-state index contributed by atoms with van der Waals surface area (Å²) in [5, 5.41) is 10.3. The van der Waals surface area contributed by atoms with Crippen molar-refractivity contribution >= 4 is 0 Å². The third-order valence-electron chi connectivity index (χ3n) is 5.65. The molecule has 0 saturated heterocycles. The van der Waals surface area contributed by atoms with Crippen molar-refractivity contribution < 1.29 is 5.11 Å². The fourth-order valence-corrected chi connectivity index (χ4v) is 4.96. The molecule has 3 aliphatic rings. The van der Waals surface area contributed by atoms with Gasteiger partial charge in [-0.2, -0.15) is 0 Å². The summed E-state index contributed by atoms with van der Waals surface area (Å²) in [6.07, 6.45) is 13.6. The van der Waals surface area contributed by atoms with E-state index in [1.54, 1.807) is 0 Å². The van der Waals surface area contributed by atoms with Gasteiger partial charge in [-0.1, -0.05) is 25.7 Å². The predicted octanol–water partition coefficient (Wildman–Crippen LogP) is 3.26. The lowest BCUT2D eigenvalue weighted by molar-refractivity contribution is -0.0890. The molecule has 1 nitrogen and oxygen atoms in total. The van der Waals surface area contributed by atoms with Crippen LogP contribution < -0.4 is 0 Å². The van der Waals surface area contributed by atoms with Crippen molar-refractivity contribution in [2.75, 3.05) is 0 Å². The molecule has 0 aromatic carbocycles. The van der Waals surface area contributed by atoms with E-state index in [0.717, 1.165) is 6.42 Å². The molecule has 3 rings (SSSR count). The first-order valence-corrected chi connectivity index (χ1v) is 6.47. The Morgan fingerprint density at radius 2 is 1.36 bits per heavy atom. The van der Waals surface area contributed by atoms with Gasteiger partial charge in [0.05, 0.1) is 6.10 Å². The maximum atomic E-state index is 10.3. The van der Waals surface area contributed by atoms with E-state index in [1.807, 2.05) is 0 Å². The lowest BCUT2D eigenvalue weighted by Crippen LogP contribution is -2.48. The Balaban J connectivity index is 2.00. The first-order valence-electron chi connectivity index (χ1n) is 6.47. The number of aliphatic hydroxyl groups excluding tert-OH is 1. The molecule has 0 bridgehead atoms. The van der Waals surface area contributed by atoms with Crippen LogP contribution in [0.25, 0.3) is 0 Å². The molecule has 0 aliphatic heterocycles. The standard InChI is InChI=1S/C13H22O/c14-11-5-10-12-6-1-3-8-13(11,12)9-4-2-7-12/h11,14H,1-10H2. The average molecular weight is 194 g/mol. The first kappa shape index (κ1) is 9.21. The zero-order valence-electron chi connectivity index (χ0n) is 9.10. The zero-order valence-corrected chi connectivity index (χ0v) is 9.10. The van der Waals surface area contributed by atoms with Crippen LogP contribution >= 0.6 is 0 Å². The normalized spacial score (nSPS) is 52.5. The highest BCUT2D eigenvalue weighted by atomic mass is 16.3. The van der Waals surface area contributed by atoms with Crippen molar-refractivity contribution in [1.29, 1.82) is 0 Å². The van der Waals surface area contributed by atoms with Crippen LogP contribution in [0.4, 0.5) is 0 Å². The van der Waals surface area contributed by atoms with Gasteiger partial charge in [-0.05, 0) is 43.9 Å². The van der Waals surface area contributed by atoms with E-state index < -0.39 is 0 Å². The molecule has 1 unspecified atom stereocenters. The van der Waals surface area contributed by atoms with Gasteiger partial charge in [0.1, 0.15) is 0 Å². The minimum Gasteiger partial charge on any atom is -0.393 e. The molecule has 0 radical (unpaired) electrons. The molecule has 0 amide bonds. The summed E-state index contributed by atoms with van der Waals surface area (Å²) >= 11 is 0. The molecule has 0 spiro atoms. The Labute approximate surface area is 86.9 Å². The van der Waals surface area contributed by atoms with Crippen molar-refractivity contribution in [3.63, 3.8) is 0 Å². The highest BCUT2D eigenvalue weighted by Crippen LogP contribution is 2.67. The van der Waals surface area contributed by atoms with Crippen LogP contribution in [0.15, 0.2) is 0 Å². The van der Waals surface area contributed by atoms with E-state index in [1.165, 1.54) is 57.8 Å². The molecule has 0 heterocycles. The highest BCUT2D eigenvalue weighted by molar-refractivity contribution is 5.10. The fourth-order valence-electron chi connectivity index (χ4n) is 4.96. The highest BCUT2D eigenvalue weighted by Gasteiger charge is 2.60. The van der Waals surface area contributed by atoms with Gasteiger partial charge < -0.3 is 5.11 Å². The Morgan fingerprint density at radius 3 is 1.93 bits per heavy atom. The lowest BCUT2D eigenvalue weighted by Gasteiger charge is -2.54. The molecular weight excluding hydrogens is 172 g/mol. The minimum atomic E-state index is 0.0445. The van der Waals surface area contributed by atoms with Gasteiger partial charge in [0.15, 0.2) is 0 Å². The quantitative estimate of drug-likeness (QED) is 0.627. The molecule has 1 atom stereocenters. The predicted molar refractivity (Wildman–Crippen MR) is 57.0 cm³/mol. The third kappa shape index (κ3) is 0.946. The van der Waals surface area contributed by atoms with E-state index in [-0.39, 0.29) is 6.10 Å². The van der Waals surface area contributed by atoms with Gasteiger partial charge in [-0.25, -0.2) is 0 Å². The van der Waals surface area contributed by atoms with Crippen LogP contribution in [0.5, 0.6) is 0 Å². The number of aliphatic hydroxyl groups is 1. The van der Waals surface area contributed by atoms with E-state index >= 15 is 0 Å². The van der Waals surface area contributed by atoms with Crippen LogP contribution in [0, 0.1) is 10.8 Å². The van der Waals surface area contributed by atoms with Crippen molar-refractivity contribution in [3.8, 4) is 0 Å². The average Bonchev–Trinajstić information content (AvgIpc) is 2.54. The Kier molecular flexibility index (Phi) is 1.96. The number of hydrogen-bond donors (Lipinski definition) is 1. The molecule has 3 aliphatic carbocycles. The fraction of sp³-hybridized carbons (Fsp3) is 1.00. The minimum absolute atomic E-state index is 0.0445. The molecule has 3 fully saturated rings. The van der Waals surface area contributed by atoms with E-state index in [2.05, 4.69) is 0 Å². The van der Waals surface area contributed by atoms with Crippen molar-refractivity contribution in [1.82, 2.24) is 0 Å². The molecule has 80 valence electrons. The van der Waals surface area contributed by atoms with Crippen LogP contribution in [0.1, 0.15) is 64.2 Å². The zero-order chi connectivity index (χ0) is 9.65. The summed E-state index contributed by atoms with van der Waals surface area (Å²) in [4.78, 5) is 0. The van der Waals surface area contributed by atoms with Gasteiger partial charge in [-0.15, -0.1) is 0 Å². The van der Waals surface area contributed by atoms with Gasteiger partial charge in [0, 0.05) is 5.41 Å². The van der Waals surface area contributed by atoms with Gasteiger partial charge in [-0.3, -0.25) is 0 Å². The largest absolute Gasteiger partial charge is 0.393 e. The van der Waals surface area contributed by atoms with Crippen molar-refractivity contribution in [3.05, 3.63) is 0 Å². The molecular formula is C13H22O. The number of rotatable bonds is 0. The van der Waals surface area contributed by atoms with Crippen LogP contribution in [0.2, 0.25) is 0 Å². The van der Waals surface area contributed by atoms with Crippen molar-refractivity contribution in [2.24, 2.45) is 10.8 Å². The van der Waals surface area contributed by atoms with Crippen LogP contribution in [-0.4, -0.2) is 11.2 Å². The summed E-state index contributed by atoms with van der Waals surface area (Å²) in [7, 11) is 0. The first-order chi connectivity index (χ1) is 6.79. The molecule has 0 aromatic rings. The van der Waals surface area contributed by atoms with E-state index in [0.29, 0.717) is 10.8 Å². The summed E-state index contributed by atoms with van der Waals surface area (Å²) in [6, 6.07) is 0. The maximum absolute atomic E-state index is 10.3. The second-order valence-electron chi connectivity index (χ2n) is 5.91. The van der Waals surface area contributed by atoms with E-state index in [9.17, 15) is 5.11 Å². The number of hydrogen-bond acceptors (Lipinski definition) is 1. The Bertz CT molecular complexity index is 216. The molecule has 1 heteroatoms. The van der Waals surface area contributed by atoms with Gasteiger partial charge >= 0.3 is 0 Å². The molecule has 1 N–H and O–H groups in total. The van der Waals surface area contributed by atoms with Crippen LogP contribution in [0.3, 0.4) is 0 Å². The second-order valence-corrected chi connectivity index (χ2v) is 5.91. The smallest absolute Gasteiger partial charge is 0.0601 e. The summed E-state index contributed by atoms with van der Waals surface area (Å²) in [5.74, 6) is 0. The summed E-state index contributed by atoms with van der Waals surface area (Å²) in [5.41, 5.74) is 0.965. The molecule has 14 heavy (non-hydrogen) atoms. The second kappa shape index (κ2) is 2.98. The Morgan fingerprint density at radius 1 is 0.786 bits per heavy atom. The SMILES string of the molecule is OC1CCC23CCCCC12CCCC3. The van der Waals surface area contributed by atoms with Gasteiger partial charge in [0.2, 0.25) is 0 Å². The molecule has 3 saturated carbocycles. The van der Waals surface area contributed by atoms with Gasteiger partial charge in [0.25, 0.3) is 0 Å². The van der Waals surface area contributed by atoms with Crippen molar-refractivity contribution in [2.45, 2.75) is 70.3 Å². The Hall–Kier alpha value is -0.0400. The van der Waals surface area contributed by atoms with E-state index in [4.69, 9.17) is 0 Å². The monoisotopic (exact) mass is 194 g/mol. The summed E-state index contributed by atoms with van der Waals surface area (Å²) < 4.78 is 0. The lowest BCUT2D eigenvalue weighted by atomic mass is 9.51. The topological polar surface area (TPSA) is 20.2 Å². The summed E-state index contributed by atoms with van der Waals surface area (Å²) in [6.45, 7) is 0. The van der Waals surface area contributed by atoms with Crippen LogP contribution in [-0.2, 0) is 0 Å². The third-order valence-corrected chi connectivity index (χ3v) is 5.65. The molecule has 0 aromatic heterocycles.